The molecule has 8 nitrogen and oxygen atoms in total. The lowest BCUT2D eigenvalue weighted by molar-refractivity contribution is -0.889. The first kappa shape index (κ1) is 56.5. The van der Waals surface area contributed by atoms with Crippen LogP contribution < -0.4 is 5.11 Å². The van der Waals surface area contributed by atoms with Gasteiger partial charge in [0.2, 0.25) is 0 Å². The van der Waals surface area contributed by atoms with Crippen LogP contribution in [0.2, 0.25) is 0 Å². The standard InChI is InChI=1S/C51H93NO7/c1-6-8-10-12-14-16-18-20-21-22-23-24-25-26-27-28-29-30-32-34-36-38-40-42-50(54)59-47(45-57-44-43-48(51(55)56)52(3,4)5)46-58-49(53)41-39-37-35-33-31-19-17-15-13-11-9-7-2/h8,10,14,16,20-21,47-48H,6-7,9,11-13,15,17-19,22-46H2,1-5H3/b10-8+,16-14+,21-20+. The number of esters is 2. The van der Waals surface area contributed by atoms with E-state index in [0.717, 1.165) is 57.8 Å². The lowest BCUT2D eigenvalue weighted by Gasteiger charge is -2.34. The van der Waals surface area contributed by atoms with Gasteiger partial charge in [-0.1, -0.05) is 192 Å². The Morgan fingerprint density at radius 2 is 0.949 bits per heavy atom. The van der Waals surface area contributed by atoms with E-state index in [1.165, 1.54) is 128 Å². The van der Waals surface area contributed by atoms with Gasteiger partial charge >= 0.3 is 11.9 Å². The molecule has 0 fully saturated rings. The summed E-state index contributed by atoms with van der Waals surface area (Å²) in [5.41, 5.74) is 0. The summed E-state index contributed by atoms with van der Waals surface area (Å²) in [5, 5.41) is 11.6. The molecule has 0 aliphatic heterocycles. The Kier molecular flexibility index (Phi) is 40.5. The molecule has 0 aromatic rings. The summed E-state index contributed by atoms with van der Waals surface area (Å²) in [5.74, 6) is -1.72. The van der Waals surface area contributed by atoms with Gasteiger partial charge in [-0.3, -0.25) is 9.59 Å². The van der Waals surface area contributed by atoms with Crippen LogP contribution >= 0.6 is 0 Å². The number of aliphatic carboxylic acids is 1. The number of carbonyl (C=O) groups is 3. The van der Waals surface area contributed by atoms with Crippen molar-refractivity contribution in [1.82, 2.24) is 0 Å². The van der Waals surface area contributed by atoms with Crippen LogP contribution in [0.15, 0.2) is 36.5 Å². The Bertz CT molecular complexity index is 1060. The lowest BCUT2D eigenvalue weighted by Crippen LogP contribution is -2.55. The maximum absolute atomic E-state index is 12.8. The van der Waals surface area contributed by atoms with E-state index in [1.54, 1.807) is 21.1 Å². The van der Waals surface area contributed by atoms with Gasteiger partial charge in [0.1, 0.15) is 12.6 Å². The molecule has 2 atom stereocenters. The van der Waals surface area contributed by atoms with Crippen LogP contribution in [-0.2, 0) is 28.6 Å². The zero-order valence-corrected chi connectivity index (χ0v) is 39.2. The first-order valence-electron chi connectivity index (χ1n) is 24.5. The predicted molar refractivity (Wildman–Crippen MR) is 245 cm³/mol. The third-order valence-electron chi connectivity index (χ3n) is 11.0. The van der Waals surface area contributed by atoms with Crippen LogP contribution in [0, 0.1) is 0 Å². The highest BCUT2D eigenvalue weighted by molar-refractivity contribution is 5.70. The summed E-state index contributed by atoms with van der Waals surface area (Å²) in [7, 11) is 5.42. The molecular formula is C51H93NO7. The smallest absolute Gasteiger partial charge is 0.306 e. The SMILES string of the molecule is CC/C=C/C/C=C/C/C=C/CCCCCCCCCCCCCCCC(=O)OC(COCCC(C(=O)[O-])[N+](C)(C)C)COC(=O)CCCCCCCCCCCCCC. The second-order valence-electron chi connectivity index (χ2n) is 17.7. The number of hydrogen-bond donors (Lipinski definition) is 0. The number of likely N-dealkylation sites (N-methyl/N-ethyl adjacent to an activating group) is 1. The summed E-state index contributed by atoms with van der Waals surface area (Å²) in [6.45, 7) is 4.57. The average molecular weight is 832 g/mol. The molecule has 0 aliphatic rings. The molecule has 0 saturated carbocycles. The molecule has 59 heavy (non-hydrogen) atoms. The largest absolute Gasteiger partial charge is 0.544 e. The molecule has 0 spiro atoms. The Morgan fingerprint density at radius 1 is 0.525 bits per heavy atom. The van der Waals surface area contributed by atoms with E-state index >= 15 is 0 Å². The van der Waals surface area contributed by atoms with Crippen LogP contribution in [-0.4, -0.2) is 75.5 Å². The van der Waals surface area contributed by atoms with Gasteiger partial charge < -0.3 is 28.6 Å². The Morgan fingerprint density at radius 3 is 1.41 bits per heavy atom. The fourth-order valence-corrected chi connectivity index (χ4v) is 7.26. The van der Waals surface area contributed by atoms with Crippen LogP contribution in [0.25, 0.3) is 0 Å². The molecule has 0 aliphatic carbocycles. The van der Waals surface area contributed by atoms with E-state index in [2.05, 4.69) is 50.3 Å². The summed E-state index contributed by atoms with van der Waals surface area (Å²) in [6, 6.07) is -0.723. The van der Waals surface area contributed by atoms with Crippen LogP contribution in [0.5, 0.6) is 0 Å². The molecule has 344 valence electrons. The maximum atomic E-state index is 12.8. The molecule has 0 aromatic heterocycles. The Labute approximate surface area is 364 Å². The first-order chi connectivity index (χ1) is 28.6. The van der Waals surface area contributed by atoms with Gasteiger partial charge in [-0.2, -0.15) is 0 Å². The average Bonchev–Trinajstić information content (AvgIpc) is 3.19. The van der Waals surface area contributed by atoms with Crippen molar-refractivity contribution in [2.75, 3.05) is 41.0 Å². The highest BCUT2D eigenvalue weighted by Crippen LogP contribution is 2.16. The van der Waals surface area contributed by atoms with Gasteiger partial charge in [0.25, 0.3) is 0 Å². The number of ether oxygens (including phenoxy) is 3. The molecular weight excluding hydrogens is 739 g/mol. The van der Waals surface area contributed by atoms with E-state index in [4.69, 9.17) is 14.2 Å². The third-order valence-corrected chi connectivity index (χ3v) is 11.0. The number of carboxylic acids is 1. The van der Waals surface area contributed by atoms with E-state index in [-0.39, 0.29) is 42.7 Å². The molecule has 0 rings (SSSR count). The van der Waals surface area contributed by atoms with Crippen molar-refractivity contribution in [3.05, 3.63) is 36.5 Å². The van der Waals surface area contributed by atoms with Gasteiger partial charge in [0.05, 0.1) is 40.3 Å². The van der Waals surface area contributed by atoms with Gasteiger partial charge in [-0.05, 0) is 44.9 Å². The number of carboxylic acid groups (broad SMARTS) is 1. The van der Waals surface area contributed by atoms with Gasteiger partial charge in [0.15, 0.2) is 6.10 Å². The Balaban J connectivity index is 4.19. The molecule has 0 saturated heterocycles. The number of nitrogens with zero attached hydrogens (tertiary/aromatic N) is 1. The highest BCUT2D eigenvalue weighted by Gasteiger charge is 2.25. The second-order valence-corrected chi connectivity index (χ2v) is 17.7. The summed E-state index contributed by atoms with van der Waals surface area (Å²) in [4.78, 5) is 36.9. The van der Waals surface area contributed by atoms with E-state index in [1.807, 2.05) is 0 Å². The van der Waals surface area contributed by atoms with Gasteiger partial charge in [-0.25, -0.2) is 0 Å². The molecule has 0 heterocycles. The summed E-state index contributed by atoms with van der Waals surface area (Å²) in [6.07, 6.45) is 48.9. The minimum absolute atomic E-state index is 0.0439. The fourth-order valence-electron chi connectivity index (χ4n) is 7.26. The molecule has 8 heteroatoms. The minimum Gasteiger partial charge on any atom is -0.544 e. The summed E-state index contributed by atoms with van der Waals surface area (Å²) < 4.78 is 17.2. The molecule has 0 amide bonds. The molecule has 0 N–H and O–H groups in total. The van der Waals surface area contributed by atoms with Crippen molar-refractivity contribution < 1.29 is 38.2 Å². The van der Waals surface area contributed by atoms with Crippen molar-refractivity contribution in [3.8, 4) is 0 Å². The first-order valence-corrected chi connectivity index (χ1v) is 24.5. The van der Waals surface area contributed by atoms with Crippen molar-refractivity contribution in [3.63, 3.8) is 0 Å². The van der Waals surface area contributed by atoms with Crippen LogP contribution in [0.1, 0.15) is 219 Å². The molecule has 2 unspecified atom stereocenters. The topological polar surface area (TPSA) is 102 Å². The predicted octanol–water partition coefficient (Wildman–Crippen LogP) is 12.5. The molecule has 0 radical (unpaired) electrons. The van der Waals surface area contributed by atoms with Crippen LogP contribution in [0.4, 0.5) is 0 Å². The monoisotopic (exact) mass is 832 g/mol. The summed E-state index contributed by atoms with van der Waals surface area (Å²) >= 11 is 0. The van der Waals surface area contributed by atoms with Crippen molar-refractivity contribution in [1.29, 1.82) is 0 Å². The molecule has 0 aromatic carbocycles. The maximum Gasteiger partial charge on any atom is 0.306 e. The minimum atomic E-state index is -1.12. The van der Waals surface area contributed by atoms with Crippen molar-refractivity contribution in [2.24, 2.45) is 0 Å². The number of quaternary nitrogens is 1. The number of allylic oxidation sites excluding steroid dienone is 6. The fraction of sp³-hybridized carbons (Fsp3) is 0.824. The number of unbranched alkanes of at least 4 members (excludes halogenated alkanes) is 24. The molecule has 0 bridgehead atoms. The van der Waals surface area contributed by atoms with Crippen molar-refractivity contribution >= 4 is 17.9 Å². The normalized spacial score (nSPS) is 13.2. The van der Waals surface area contributed by atoms with E-state index in [0.29, 0.717) is 12.8 Å². The zero-order valence-electron chi connectivity index (χ0n) is 39.2. The number of rotatable bonds is 44. The van der Waals surface area contributed by atoms with Gasteiger partial charge in [0, 0.05) is 19.3 Å². The van der Waals surface area contributed by atoms with Crippen LogP contribution in [0.3, 0.4) is 0 Å². The van der Waals surface area contributed by atoms with Crippen molar-refractivity contribution in [2.45, 2.75) is 231 Å². The van der Waals surface area contributed by atoms with E-state index in [9.17, 15) is 19.5 Å². The quantitative estimate of drug-likeness (QED) is 0.0261. The second kappa shape index (κ2) is 42.2. The lowest BCUT2D eigenvalue weighted by atomic mass is 10.0. The number of hydrogen-bond acceptors (Lipinski definition) is 7. The third kappa shape index (κ3) is 40.7. The number of carbonyl (C=O) groups excluding carboxylic acids is 3. The Hall–Kier alpha value is -2.45. The van der Waals surface area contributed by atoms with E-state index < -0.39 is 18.1 Å². The zero-order chi connectivity index (χ0) is 43.5. The highest BCUT2D eigenvalue weighted by atomic mass is 16.6. The van der Waals surface area contributed by atoms with Gasteiger partial charge in [-0.15, -0.1) is 0 Å².